The summed E-state index contributed by atoms with van der Waals surface area (Å²) in [5, 5.41) is 31.3. The molecule has 0 aliphatic rings. The third kappa shape index (κ3) is 4.83. The van der Waals surface area contributed by atoms with Gasteiger partial charge in [-0.15, -0.1) is 0 Å². The number of methoxy groups -OCH3 is 1. The van der Waals surface area contributed by atoms with E-state index in [-0.39, 0.29) is 5.56 Å². The van der Waals surface area contributed by atoms with E-state index in [0.29, 0.717) is 5.69 Å². The number of non-ortho nitro benzene ring substituents is 2. The normalized spacial score (nSPS) is 11.2. The van der Waals surface area contributed by atoms with E-state index in [4.69, 9.17) is 4.74 Å². The lowest BCUT2D eigenvalue weighted by Gasteiger charge is -2.28. The summed E-state index contributed by atoms with van der Waals surface area (Å²) >= 11 is 0. The fourth-order valence-corrected chi connectivity index (χ4v) is 5.98. The molecule has 0 radical (unpaired) electrons. The van der Waals surface area contributed by atoms with Crippen molar-refractivity contribution in [1.82, 2.24) is 0 Å². The Hall–Kier alpha value is -6.55. The van der Waals surface area contributed by atoms with Crippen molar-refractivity contribution in [2.45, 2.75) is 0 Å². The molecule has 7 rings (SSSR count). The van der Waals surface area contributed by atoms with Gasteiger partial charge >= 0.3 is 0 Å². The zero-order valence-electron chi connectivity index (χ0n) is 24.3. The first-order chi connectivity index (χ1) is 22.3. The van der Waals surface area contributed by atoms with Crippen LogP contribution in [0.4, 0.5) is 34.1 Å². The van der Waals surface area contributed by atoms with Crippen molar-refractivity contribution < 1.29 is 19.4 Å². The van der Waals surface area contributed by atoms with Crippen LogP contribution < -0.4 is 15.0 Å². The van der Waals surface area contributed by atoms with Gasteiger partial charge in [0.1, 0.15) is 5.75 Å². The fourth-order valence-electron chi connectivity index (χ4n) is 5.98. The predicted molar refractivity (Wildman–Crippen MR) is 179 cm³/mol. The summed E-state index contributed by atoms with van der Waals surface area (Å²) in [6, 6.07) is 36.5. The van der Waals surface area contributed by atoms with Crippen molar-refractivity contribution in [2.24, 2.45) is 0 Å². The van der Waals surface area contributed by atoms with Crippen molar-refractivity contribution in [2.75, 3.05) is 17.3 Å². The van der Waals surface area contributed by atoms with Crippen LogP contribution in [0.25, 0.3) is 32.3 Å². The Morgan fingerprint density at radius 2 is 1.33 bits per heavy atom. The molecular weight excluding hydrogens is 584 g/mol. The number of nitro benzene ring substituents is 2. The highest BCUT2D eigenvalue weighted by Crippen LogP contribution is 2.46. The second-order valence-corrected chi connectivity index (χ2v) is 10.7. The Kier molecular flexibility index (Phi) is 6.86. The zero-order valence-corrected chi connectivity index (χ0v) is 24.3. The quantitative estimate of drug-likeness (QED) is 0.103. The van der Waals surface area contributed by atoms with Crippen molar-refractivity contribution in [3.8, 4) is 5.75 Å². The summed E-state index contributed by atoms with van der Waals surface area (Å²) in [4.78, 5) is 37.1. The molecule has 0 aromatic heterocycles. The van der Waals surface area contributed by atoms with Crippen LogP contribution >= 0.6 is 0 Å². The van der Waals surface area contributed by atoms with E-state index in [1.807, 2.05) is 91.0 Å². The van der Waals surface area contributed by atoms with E-state index in [1.54, 1.807) is 7.11 Å². The molecule has 0 saturated carbocycles. The summed E-state index contributed by atoms with van der Waals surface area (Å²) in [5.41, 5.74) is 1.97. The van der Waals surface area contributed by atoms with Gasteiger partial charge in [0, 0.05) is 45.4 Å². The van der Waals surface area contributed by atoms with Crippen molar-refractivity contribution in [3.05, 3.63) is 147 Å². The Morgan fingerprint density at radius 1 is 0.674 bits per heavy atom. The Labute approximate surface area is 261 Å². The number of benzene rings is 7. The van der Waals surface area contributed by atoms with Crippen molar-refractivity contribution in [1.29, 1.82) is 0 Å². The molecule has 0 spiro atoms. The third-order valence-electron chi connectivity index (χ3n) is 8.04. The molecule has 1 amide bonds. The number of nitrogens with zero attached hydrogens (tertiary/aromatic N) is 3. The number of hydrogen-bond donors (Lipinski definition) is 1. The first-order valence-corrected chi connectivity index (χ1v) is 14.3. The number of ether oxygens (including phenoxy) is 1. The molecule has 0 bridgehead atoms. The molecule has 46 heavy (non-hydrogen) atoms. The van der Waals surface area contributed by atoms with Gasteiger partial charge in [-0.25, -0.2) is 0 Å². The fraction of sp³-hybridized carbons (Fsp3) is 0.0278. The number of anilines is 4. The monoisotopic (exact) mass is 608 g/mol. The smallest absolute Gasteiger partial charge is 0.277 e. The number of para-hydroxylation sites is 1. The van der Waals surface area contributed by atoms with Crippen molar-refractivity contribution >= 4 is 72.3 Å². The van der Waals surface area contributed by atoms with Crippen molar-refractivity contribution in [3.63, 3.8) is 0 Å². The van der Waals surface area contributed by atoms with Crippen LogP contribution in [0, 0.1) is 20.2 Å². The van der Waals surface area contributed by atoms with Crippen LogP contribution in [0.15, 0.2) is 121 Å². The van der Waals surface area contributed by atoms with Gasteiger partial charge in [-0.05, 0) is 64.7 Å². The number of carbonyl (C=O) groups excluding carboxylic acids is 1. The van der Waals surface area contributed by atoms with Gasteiger partial charge in [0.2, 0.25) is 0 Å². The maximum absolute atomic E-state index is 13.5. The molecule has 7 aromatic carbocycles. The van der Waals surface area contributed by atoms with E-state index in [0.717, 1.165) is 73.3 Å². The van der Waals surface area contributed by atoms with Crippen LogP contribution in [0.3, 0.4) is 0 Å². The lowest BCUT2D eigenvalue weighted by Crippen LogP contribution is -2.13. The number of carbonyl (C=O) groups is 1. The molecule has 224 valence electrons. The summed E-state index contributed by atoms with van der Waals surface area (Å²) in [5.74, 6) is 0.0348. The van der Waals surface area contributed by atoms with Gasteiger partial charge < -0.3 is 15.0 Å². The second kappa shape index (κ2) is 11.2. The van der Waals surface area contributed by atoms with Crippen LogP contribution in [0.5, 0.6) is 5.75 Å². The highest BCUT2D eigenvalue weighted by Gasteiger charge is 2.23. The minimum absolute atomic E-state index is 0.193. The summed E-state index contributed by atoms with van der Waals surface area (Å²) in [6.07, 6.45) is 0. The molecule has 1 N–H and O–H groups in total. The van der Waals surface area contributed by atoms with Crippen LogP contribution in [0.1, 0.15) is 10.4 Å². The van der Waals surface area contributed by atoms with Gasteiger partial charge in [-0.2, -0.15) is 0 Å². The van der Waals surface area contributed by atoms with E-state index >= 15 is 0 Å². The predicted octanol–water partition coefficient (Wildman–Crippen LogP) is 9.13. The van der Waals surface area contributed by atoms with E-state index in [1.165, 1.54) is 0 Å². The van der Waals surface area contributed by atoms with E-state index in [9.17, 15) is 25.0 Å². The average Bonchev–Trinajstić information content (AvgIpc) is 3.08. The Morgan fingerprint density at radius 3 is 2.00 bits per heavy atom. The largest absolute Gasteiger partial charge is 0.497 e. The lowest BCUT2D eigenvalue weighted by molar-refractivity contribution is -0.394. The molecule has 0 atom stereocenters. The van der Waals surface area contributed by atoms with Gasteiger partial charge in [0.05, 0.1) is 34.3 Å². The average molecular weight is 609 g/mol. The number of nitrogens with one attached hydrogen (secondary N) is 1. The molecule has 0 fully saturated rings. The Bertz CT molecular complexity index is 2270. The van der Waals surface area contributed by atoms with Crippen LogP contribution in [-0.4, -0.2) is 22.9 Å². The van der Waals surface area contributed by atoms with Gasteiger partial charge in [-0.3, -0.25) is 25.0 Å². The highest BCUT2D eigenvalue weighted by molar-refractivity contribution is 6.29. The number of hydrogen-bond acceptors (Lipinski definition) is 7. The molecule has 0 aliphatic carbocycles. The van der Waals surface area contributed by atoms with Gasteiger partial charge in [0.25, 0.3) is 17.3 Å². The maximum Gasteiger partial charge on any atom is 0.277 e. The molecule has 0 aliphatic heterocycles. The maximum atomic E-state index is 13.5. The lowest BCUT2D eigenvalue weighted by atomic mass is 9.91. The number of nitro groups is 2. The second-order valence-electron chi connectivity index (χ2n) is 10.7. The molecule has 10 heteroatoms. The molecule has 0 saturated heterocycles. The topological polar surface area (TPSA) is 128 Å². The number of rotatable bonds is 8. The first-order valence-electron chi connectivity index (χ1n) is 14.3. The minimum atomic E-state index is -0.760. The highest BCUT2D eigenvalue weighted by atomic mass is 16.6. The van der Waals surface area contributed by atoms with Gasteiger partial charge in [-0.1, -0.05) is 54.6 Å². The summed E-state index contributed by atoms with van der Waals surface area (Å²) < 4.78 is 5.40. The molecule has 0 unspecified atom stereocenters. The Balaban J connectivity index is 1.43. The first kappa shape index (κ1) is 28.2. The number of amides is 1. The van der Waals surface area contributed by atoms with Gasteiger partial charge in [0.15, 0.2) is 0 Å². The third-order valence-corrected chi connectivity index (χ3v) is 8.04. The molecule has 0 heterocycles. The molecule has 10 nitrogen and oxygen atoms in total. The summed E-state index contributed by atoms with van der Waals surface area (Å²) in [6.45, 7) is 0. The standard InChI is InChI=1S/C36H24N4O6/c1-46-29-13-11-26(12-14-29)38(25-8-3-2-4-9-25)33-17-16-30-32(20-23-7-5-6-22-10-15-31(33)35(30)34(22)23)37-36(41)24-18-27(39(42)43)21-28(19-24)40(44)45/h2-21H,1H3,(H,37,41). The van der Waals surface area contributed by atoms with E-state index in [2.05, 4.69) is 22.3 Å². The SMILES string of the molecule is COc1ccc(N(c2ccccc2)c2ccc3c(NC(=O)c4cc([N+](=O)[O-])cc([N+](=O)[O-])c4)cc4cccc5ccc2c3c54)cc1. The molecular formula is C36H24N4O6. The summed E-state index contributed by atoms with van der Waals surface area (Å²) in [7, 11) is 1.63. The molecule has 7 aromatic rings. The van der Waals surface area contributed by atoms with Crippen LogP contribution in [0.2, 0.25) is 0 Å². The van der Waals surface area contributed by atoms with Crippen LogP contribution in [-0.2, 0) is 0 Å². The zero-order chi connectivity index (χ0) is 31.9. The minimum Gasteiger partial charge on any atom is -0.497 e. The van der Waals surface area contributed by atoms with E-state index < -0.39 is 27.1 Å².